The fourth-order valence-corrected chi connectivity index (χ4v) is 2.73. The third-order valence-corrected chi connectivity index (χ3v) is 4.38. The number of hydrogen-bond acceptors (Lipinski definition) is 5. The van der Waals surface area contributed by atoms with Crippen LogP contribution >= 0.6 is 23.2 Å². The summed E-state index contributed by atoms with van der Waals surface area (Å²) in [6.45, 7) is 7.12. The van der Waals surface area contributed by atoms with Gasteiger partial charge in [-0.1, -0.05) is 23.2 Å². The number of amides is 1. The molecular weight excluding hydrogens is 387 g/mol. The van der Waals surface area contributed by atoms with Crippen LogP contribution in [-0.4, -0.2) is 41.2 Å². The Morgan fingerprint density at radius 2 is 1.89 bits per heavy atom. The number of nitrogens with zero attached hydrogens (tertiary/aromatic N) is 3. The van der Waals surface area contributed by atoms with Gasteiger partial charge in [0, 0.05) is 19.3 Å². The number of likely N-dealkylation sites (N-methyl/N-ethyl adjacent to an activating group) is 1. The Morgan fingerprint density at radius 1 is 1.22 bits per heavy atom. The van der Waals surface area contributed by atoms with Crippen LogP contribution in [0.1, 0.15) is 26.3 Å². The quantitative estimate of drug-likeness (QED) is 0.516. The maximum Gasteiger partial charge on any atom is 0.260 e. The van der Waals surface area contributed by atoms with Gasteiger partial charge in [0.1, 0.15) is 5.75 Å². The van der Waals surface area contributed by atoms with Crippen LogP contribution in [0.5, 0.6) is 5.75 Å². The Morgan fingerprint density at radius 3 is 2.48 bits per heavy atom. The number of pyridine rings is 1. The molecule has 0 aliphatic carbocycles. The van der Waals surface area contributed by atoms with Gasteiger partial charge in [0.15, 0.2) is 12.4 Å². The zero-order valence-corrected chi connectivity index (χ0v) is 17.0. The lowest BCUT2D eigenvalue weighted by Gasteiger charge is -2.18. The molecule has 1 heterocycles. The number of halogens is 2. The molecule has 0 spiro atoms. The van der Waals surface area contributed by atoms with E-state index in [2.05, 4.69) is 15.5 Å². The number of anilines is 1. The van der Waals surface area contributed by atoms with Crippen LogP contribution in [0.4, 0.5) is 5.82 Å². The minimum Gasteiger partial charge on any atom is -0.484 e. The number of hydrogen-bond donors (Lipinski definition) is 1. The number of benzene rings is 1. The summed E-state index contributed by atoms with van der Waals surface area (Å²) < 4.78 is 5.56. The molecule has 0 atom stereocenters. The van der Waals surface area contributed by atoms with Gasteiger partial charge in [-0.25, -0.2) is 4.98 Å². The molecule has 0 saturated carbocycles. The van der Waals surface area contributed by atoms with Gasteiger partial charge in [-0.05, 0) is 56.7 Å². The van der Waals surface area contributed by atoms with Crippen molar-refractivity contribution in [1.82, 2.24) is 9.88 Å². The number of carbonyl (C=O) groups excluding carboxylic acids is 1. The van der Waals surface area contributed by atoms with Crippen LogP contribution in [-0.2, 0) is 4.79 Å². The van der Waals surface area contributed by atoms with Gasteiger partial charge in [0.2, 0.25) is 0 Å². The first-order valence-corrected chi connectivity index (χ1v) is 9.32. The van der Waals surface area contributed by atoms with Crippen molar-refractivity contribution in [1.29, 1.82) is 0 Å². The van der Waals surface area contributed by atoms with Crippen LogP contribution in [0.15, 0.2) is 41.6 Å². The monoisotopic (exact) mass is 408 g/mol. The highest BCUT2D eigenvalue weighted by Gasteiger charge is 2.10. The van der Waals surface area contributed by atoms with Gasteiger partial charge < -0.3 is 9.64 Å². The molecule has 144 valence electrons. The molecule has 27 heavy (non-hydrogen) atoms. The Bertz CT molecular complexity index is 806. The highest BCUT2D eigenvalue weighted by atomic mass is 35.5. The standard InChI is InChI=1S/C19H22Cl2N4O2/c1-4-25(5-2)18(26)12-27-16-8-6-14(7-9-16)13(3)23-24-19-17(21)10-15(20)11-22-19/h6-11H,4-5,12H2,1-3H3,(H,22,24). The number of nitrogens with one attached hydrogen (secondary N) is 1. The summed E-state index contributed by atoms with van der Waals surface area (Å²) in [6.07, 6.45) is 1.49. The van der Waals surface area contributed by atoms with Crippen molar-refractivity contribution in [2.45, 2.75) is 20.8 Å². The molecule has 6 nitrogen and oxygen atoms in total. The van der Waals surface area contributed by atoms with Crippen molar-refractivity contribution in [3.05, 3.63) is 52.1 Å². The number of rotatable bonds is 8. The predicted molar refractivity (Wildman–Crippen MR) is 110 cm³/mol. The maximum atomic E-state index is 12.0. The van der Waals surface area contributed by atoms with Crippen LogP contribution in [0.2, 0.25) is 10.0 Å². The number of hydrazone groups is 1. The predicted octanol–water partition coefficient (Wildman–Crippen LogP) is 4.47. The second kappa shape index (κ2) is 10.1. The lowest BCUT2D eigenvalue weighted by Crippen LogP contribution is -2.34. The molecule has 8 heteroatoms. The van der Waals surface area contributed by atoms with Crippen LogP contribution in [0.25, 0.3) is 0 Å². The van der Waals surface area contributed by atoms with Gasteiger partial charge in [-0.15, -0.1) is 0 Å². The summed E-state index contributed by atoms with van der Waals surface area (Å²) in [6, 6.07) is 8.94. The molecule has 1 N–H and O–H groups in total. The maximum absolute atomic E-state index is 12.0. The number of ether oxygens (including phenoxy) is 1. The lowest BCUT2D eigenvalue weighted by atomic mass is 10.1. The highest BCUT2D eigenvalue weighted by molar-refractivity contribution is 6.35. The average Bonchev–Trinajstić information content (AvgIpc) is 2.67. The summed E-state index contributed by atoms with van der Waals surface area (Å²) in [4.78, 5) is 17.8. The van der Waals surface area contributed by atoms with E-state index in [4.69, 9.17) is 27.9 Å². The molecule has 2 rings (SSSR count). The zero-order chi connectivity index (χ0) is 19.8. The first kappa shape index (κ1) is 21.0. The molecule has 2 aromatic rings. The first-order valence-electron chi connectivity index (χ1n) is 8.57. The van der Waals surface area contributed by atoms with Crippen LogP contribution < -0.4 is 10.2 Å². The summed E-state index contributed by atoms with van der Waals surface area (Å²) in [5.74, 6) is 1.02. The topological polar surface area (TPSA) is 66.8 Å². The van der Waals surface area contributed by atoms with Crippen molar-refractivity contribution < 1.29 is 9.53 Å². The van der Waals surface area contributed by atoms with Gasteiger partial charge in [0.25, 0.3) is 5.91 Å². The van der Waals surface area contributed by atoms with Gasteiger partial charge >= 0.3 is 0 Å². The van der Waals surface area contributed by atoms with Crippen molar-refractivity contribution in [2.24, 2.45) is 5.10 Å². The normalized spacial score (nSPS) is 11.2. The smallest absolute Gasteiger partial charge is 0.260 e. The number of aromatic nitrogens is 1. The molecule has 0 radical (unpaired) electrons. The highest BCUT2D eigenvalue weighted by Crippen LogP contribution is 2.22. The van der Waals surface area contributed by atoms with Crippen molar-refractivity contribution in [2.75, 3.05) is 25.1 Å². The Balaban J connectivity index is 1.96. The minimum absolute atomic E-state index is 0.0242. The third-order valence-electron chi connectivity index (χ3n) is 3.89. The fourth-order valence-electron chi connectivity index (χ4n) is 2.30. The van der Waals surface area contributed by atoms with E-state index in [0.29, 0.717) is 34.7 Å². The van der Waals surface area contributed by atoms with Crippen molar-refractivity contribution >= 4 is 40.6 Å². The molecule has 0 aliphatic heterocycles. The second-order valence-corrected chi connectivity index (χ2v) is 6.52. The minimum atomic E-state index is -0.0293. The van der Waals surface area contributed by atoms with Gasteiger partial charge in [0.05, 0.1) is 15.8 Å². The summed E-state index contributed by atoms with van der Waals surface area (Å²) >= 11 is 11.9. The van der Waals surface area contributed by atoms with E-state index in [1.165, 1.54) is 6.20 Å². The van der Waals surface area contributed by atoms with Crippen molar-refractivity contribution in [3.63, 3.8) is 0 Å². The molecule has 0 unspecified atom stereocenters. The summed E-state index contributed by atoms with van der Waals surface area (Å²) in [5, 5.41) is 5.13. The van der Waals surface area contributed by atoms with Gasteiger partial charge in [-0.2, -0.15) is 5.10 Å². The van der Waals surface area contributed by atoms with E-state index in [0.717, 1.165) is 11.3 Å². The molecule has 0 bridgehead atoms. The van der Waals surface area contributed by atoms with E-state index in [1.54, 1.807) is 23.1 Å². The lowest BCUT2D eigenvalue weighted by molar-refractivity contribution is -0.132. The van der Waals surface area contributed by atoms with Crippen molar-refractivity contribution in [3.8, 4) is 5.75 Å². The van der Waals surface area contributed by atoms with E-state index < -0.39 is 0 Å². The van der Waals surface area contributed by atoms with E-state index in [1.807, 2.05) is 32.9 Å². The molecular formula is C19H22Cl2N4O2. The molecule has 1 aromatic heterocycles. The molecule has 0 fully saturated rings. The van der Waals surface area contributed by atoms with E-state index in [9.17, 15) is 4.79 Å². The molecule has 0 saturated heterocycles. The second-order valence-electron chi connectivity index (χ2n) is 5.67. The molecule has 1 aromatic carbocycles. The Labute approximate surface area is 169 Å². The van der Waals surface area contributed by atoms with Crippen LogP contribution in [0.3, 0.4) is 0 Å². The Kier molecular flexibility index (Phi) is 7.88. The molecule has 1 amide bonds. The third kappa shape index (κ3) is 6.12. The van der Waals surface area contributed by atoms with E-state index in [-0.39, 0.29) is 12.5 Å². The summed E-state index contributed by atoms with van der Waals surface area (Å²) in [7, 11) is 0. The Hall–Kier alpha value is -2.31. The molecule has 0 aliphatic rings. The van der Waals surface area contributed by atoms with Gasteiger partial charge in [-0.3, -0.25) is 10.2 Å². The van der Waals surface area contributed by atoms with Crippen LogP contribution in [0, 0.1) is 0 Å². The fraction of sp³-hybridized carbons (Fsp3) is 0.316. The SMILES string of the molecule is CCN(CC)C(=O)COc1ccc(C(C)=NNc2ncc(Cl)cc2Cl)cc1. The number of carbonyl (C=O) groups is 1. The zero-order valence-electron chi connectivity index (χ0n) is 15.5. The van der Waals surface area contributed by atoms with E-state index >= 15 is 0 Å². The summed E-state index contributed by atoms with van der Waals surface area (Å²) in [5.41, 5.74) is 4.47. The largest absolute Gasteiger partial charge is 0.484 e. The first-order chi connectivity index (χ1) is 12.9. The average molecular weight is 409 g/mol.